The molecule has 2 N–H and O–H groups in total. The lowest BCUT2D eigenvalue weighted by Gasteiger charge is -2.39. The van der Waals surface area contributed by atoms with Crippen LogP contribution in [0.25, 0.3) is 0 Å². The van der Waals surface area contributed by atoms with E-state index in [1.165, 1.54) is 23.5 Å². The Kier molecular flexibility index (Phi) is 8.74. The molecule has 0 unspecified atom stereocenters. The van der Waals surface area contributed by atoms with E-state index in [1.807, 2.05) is 6.07 Å². The molecule has 2 saturated heterocycles. The van der Waals surface area contributed by atoms with Crippen LogP contribution in [0.4, 0.5) is 41.9 Å². The molecule has 3 aromatic rings. The number of amides is 1. The molecule has 2 aliphatic rings. The molecule has 2 atom stereocenters. The molecule has 5 rings (SSSR count). The van der Waals surface area contributed by atoms with Crippen LogP contribution in [0.15, 0.2) is 61.4 Å². The van der Waals surface area contributed by atoms with E-state index in [4.69, 9.17) is 9.57 Å². The van der Waals surface area contributed by atoms with Crippen LogP contribution in [0.1, 0.15) is 30.5 Å². The molecule has 2 aromatic carbocycles. The summed E-state index contributed by atoms with van der Waals surface area (Å²) in [5.74, 6) is 0.941. The Morgan fingerprint density at radius 2 is 1.98 bits per heavy atom. The number of carbonyl (C=O) groups is 1. The van der Waals surface area contributed by atoms with Gasteiger partial charge in [-0.2, -0.15) is 13.2 Å². The number of carbonyl (C=O) groups excluding carboxylic acids is 1. The Balaban J connectivity index is 1.44. The van der Waals surface area contributed by atoms with E-state index in [9.17, 15) is 18.0 Å². The van der Waals surface area contributed by atoms with Gasteiger partial charge in [0, 0.05) is 44.2 Å². The first kappa shape index (κ1) is 30.1. The smallest absolute Gasteiger partial charge is 0.416 e. The maximum absolute atomic E-state index is 13.4. The second-order valence-corrected chi connectivity index (χ2v) is 10.5. The van der Waals surface area contributed by atoms with Gasteiger partial charge in [0.1, 0.15) is 17.9 Å². The molecule has 1 aromatic heterocycles. The van der Waals surface area contributed by atoms with Gasteiger partial charge in [0.05, 0.1) is 42.4 Å². The van der Waals surface area contributed by atoms with Gasteiger partial charge >= 0.3 is 6.18 Å². The van der Waals surface area contributed by atoms with Crippen molar-refractivity contribution in [2.75, 3.05) is 61.0 Å². The van der Waals surface area contributed by atoms with Crippen molar-refractivity contribution in [1.29, 1.82) is 0 Å². The summed E-state index contributed by atoms with van der Waals surface area (Å²) < 4.78 is 45.8. The lowest BCUT2D eigenvalue weighted by Crippen LogP contribution is -2.50. The highest BCUT2D eigenvalue weighted by molar-refractivity contribution is 6.02. The van der Waals surface area contributed by atoms with Crippen molar-refractivity contribution in [3.05, 3.63) is 72.6 Å². The van der Waals surface area contributed by atoms with Crippen molar-refractivity contribution < 1.29 is 27.5 Å². The van der Waals surface area contributed by atoms with E-state index in [0.29, 0.717) is 53.4 Å². The van der Waals surface area contributed by atoms with Gasteiger partial charge in [-0.05, 0) is 43.8 Å². The van der Waals surface area contributed by atoms with E-state index in [1.54, 1.807) is 25.3 Å². The molecule has 0 radical (unpaired) electrons. The molecular weight excluding hydrogens is 563 g/mol. The highest BCUT2D eigenvalue weighted by atomic mass is 19.4. The van der Waals surface area contributed by atoms with E-state index in [-0.39, 0.29) is 5.91 Å². The summed E-state index contributed by atoms with van der Waals surface area (Å²) in [4.78, 5) is 31.3. The monoisotopic (exact) mass is 597 g/mol. The molecule has 0 aliphatic carbocycles. The Labute approximate surface area is 248 Å². The van der Waals surface area contributed by atoms with Gasteiger partial charge in [-0.1, -0.05) is 18.7 Å². The zero-order valence-electron chi connectivity index (χ0n) is 24.2. The molecule has 43 heavy (non-hydrogen) atoms. The van der Waals surface area contributed by atoms with Crippen molar-refractivity contribution in [3.63, 3.8) is 0 Å². The van der Waals surface area contributed by atoms with Gasteiger partial charge in [-0.25, -0.2) is 15.0 Å². The number of benzene rings is 2. The van der Waals surface area contributed by atoms with Crippen LogP contribution in [-0.4, -0.2) is 67.2 Å². The number of nitrogens with one attached hydrogen (secondary N) is 2. The number of methoxy groups -OCH3 is 1. The van der Waals surface area contributed by atoms with E-state index in [2.05, 4.69) is 51.0 Å². The predicted octanol–water partition coefficient (Wildman–Crippen LogP) is 5.40. The number of halogens is 3. The molecule has 2 fully saturated rings. The number of nitrogens with zero attached hydrogens (tertiary/aromatic N) is 5. The van der Waals surface area contributed by atoms with Gasteiger partial charge in [-0.15, -0.1) is 0 Å². The second kappa shape index (κ2) is 12.5. The zero-order chi connectivity index (χ0) is 30.7. The third-order valence-corrected chi connectivity index (χ3v) is 7.71. The molecular formula is C30H34F3N7O3. The van der Waals surface area contributed by atoms with Gasteiger partial charge in [-0.3, -0.25) is 9.63 Å². The molecule has 3 heterocycles. The van der Waals surface area contributed by atoms with Crippen molar-refractivity contribution in [2.45, 2.75) is 31.6 Å². The summed E-state index contributed by atoms with van der Waals surface area (Å²) in [6.07, 6.45) is -1.41. The highest BCUT2D eigenvalue weighted by Crippen LogP contribution is 2.41. The quantitative estimate of drug-likeness (QED) is 0.331. The number of rotatable bonds is 8. The van der Waals surface area contributed by atoms with Crippen LogP contribution in [0.5, 0.6) is 5.75 Å². The minimum absolute atomic E-state index is 0.313. The van der Waals surface area contributed by atoms with E-state index >= 15 is 0 Å². The number of alkyl halides is 3. The Morgan fingerprint density at radius 1 is 1.16 bits per heavy atom. The molecule has 2 aliphatic heterocycles. The average molecular weight is 598 g/mol. The molecule has 0 spiro atoms. The number of hydroxylamine groups is 1. The fourth-order valence-corrected chi connectivity index (χ4v) is 5.24. The minimum atomic E-state index is -4.45. The number of ether oxygens (including phenoxy) is 1. The lowest BCUT2D eigenvalue weighted by atomic mass is 10.0. The fourth-order valence-electron chi connectivity index (χ4n) is 5.24. The largest absolute Gasteiger partial charge is 0.494 e. The van der Waals surface area contributed by atoms with E-state index < -0.39 is 17.8 Å². The zero-order valence-corrected chi connectivity index (χ0v) is 24.2. The summed E-state index contributed by atoms with van der Waals surface area (Å²) >= 11 is 0. The maximum atomic E-state index is 13.4. The van der Waals surface area contributed by atoms with Crippen molar-refractivity contribution in [2.24, 2.45) is 0 Å². The maximum Gasteiger partial charge on any atom is 0.416 e. The van der Waals surface area contributed by atoms with Crippen LogP contribution in [0.3, 0.4) is 0 Å². The molecule has 228 valence electrons. The lowest BCUT2D eigenvalue weighted by molar-refractivity contribution is -0.137. The average Bonchev–Trinajstić information content (AvgIpc) is 3.49. The van der Waals surface area contributed by atoms with E-state index in [0.717, 1.165) is 37.5 Å². The first-order chi connectivity index (χ1) is 20.6. The molecule has 0 bridgehead atoms. The number of piperazine rings is 1. The molecule has 10 nitrogen and oxygen atoms in total. The fraction of sp³-hybridized carbons (Fsp3) is 0.367. The third-order valence-electron chi connectivity index (χ3n) is 7.71. The third kappa shape index (κ3) is 6.67. The van der Waals surface area contributed by atoms with Gasteiger partial charge in [0.25, 0.3) is 0 Å². The summed E-state index contributed by atoms with van der Waals surface area (Å²) in [7, 11) is 3.64. The van der Waals surface area contributed by atoms with Crippen molar-refractivity contribution >= 4 is 34.6 Å². The molecule has 13 heteroatoms. The number of aromatic nitrogens is 2. The van der Waals surface area contributed by atoms with Crippen LogP contribution >= 0.6 is 0 Å². The minimum Gasteiger partial charge on any atom is -0.494 e. The first-order valence-electron chi connectivity index (χ1n) is 13.9. The number of hydrogen-bond donors (Lipinski definition) is 2. The van der Waals surface area contributed by atoms with Crippen LogP contribution in [0, 0.1) is 0 Å². The molecule has 1 amide bonds. The summed E-state index contributed by atoms with van der Waals surface area (Å²) in [6, 6.07) is 10.4. The summed E-state index contributed by atoms with van der Waals surface area (Å²) in [5, 5.41) is 7.65. The molecule has 0 saturated carbocycles. The Morgan fingerprint density at radius 3 is 2.70 bits per heavy atom. The first-order valence-corrected chi connectivity index (χ1v) is 13.9. The van der Waals surface area contributed by atoms with Crippen molar-refractivity contribution in [1.82, 2.24) is 14.9 Å². The normalized spacial score (nSPS) is 19.3. The Hall–Kier alpha value is -4.36. The van der Waals surface area contributed by atoms with Crippen molar-refractivity contribution in [3.8, 4) is 5.75 Å². The van der Waals surface area contributed by atoms with Crippen LogP contribution in [-0.2, 0) is 15.8 Å². The number of hydrogen-bond acceptors (Lipinski definition) is 9. The highest BCUT2D eigenvalue weighted by Gasteiger charge is 2.34. The van der Waals surface area contributed by atoms with Gasteiger partial charge in [0.2, 0.25) is 5.91 Å². The Bertz CT molecular complexity index is 1490. The standard InChI is InChI=1S/C30H34F3N7O3/c1-5-29(41)37-22-14-23(26(42-4)15-25(22)39-11-10-38(3)19(2)17-39)36-27-16-28(35-18-34-27)40-24(9-12-43-40)20-7-6-8-21(13-20)30(31,32)33/h5-8,13-16,18-19,24H,1,9-12,17H2,2-4H3,(H,37,41)(H,34,35,36)/t19-,24+/m0/s1. The van der Waals surface area contributed by atoms with Gasteiger partial charge in [0.15, 0.2) is 5.82 Å². The summed E-state index contributed by atoms with van der Waals surface area (Å²) in [5.41, 5.74) is 1.68. The number of likely N-dealkylation sites (N-methyl/N-ethyl adjacent to an activating group) is 1. The predicted molar refractivity (Wildman–Crippen MR) is 159 cm³/mol. The van der Waals surface area contributed by atoms with Gasteiger partial charge < -0.3 is 25.2 Å². The second-order valence-electron chi connectivity index (χ2n) is 10.5. The summed E-state index contributed by atoms with van der Waals surface area (Å²) in [6.45, 7) is 8.44. The number of anilines is 5. The van der Waals surface area contributed by atoms with Crippen LogP contribution in [0.2, 0.25) is 0 Å². The topological polar surface area (TPSA) is 95.1 Å². The van der Waals surface area contributed by atoms with Crippen LogP contribution < -0.4 is 25.3 Å². The SMILES string of the molecule is C=CC(=O)Nc1cc(Nc2cc(N3OCC[C@@H]3c3cccc(C(F)(F)F)c3)ncn2)c(OC)cc1N1CCN(C)[C@@H](C)C1.